The van der Waals surface area contributed by atoms with Gasteiger partial charge < -0.3 is 38.8 Å². The van der Waals surface area contributed by atoms with Gasteiger partial charge in [-0.25, -0.2) is 4.79 Å². The normalized spacial score (nSPS) is 36.3. The quantitative estimate of drug-likeness (QED) is 0.181. The predicted octanol–water partition coefficient (Wildman–Crippen LogP) is 6.05. The monoisotopic (exact) mass is 966 g/mol. The fourth-order valence-electron chi connectivity index (χ4n) is 10.7. The Balaban J connectivity index is 1.46. The third-order valence-corrected chi connectivity index (χ3v) is 15.1. The average Bonchev–Trinajstić information content (AvgIpc) is 3.88. The molecule has 0 aromatic carbocycles. The number of esters is 1. The van der Waals surface area contributed by atoms with Gasteiger partial charge in [0.1, 0.15) is 30.1 Å². The third-order valence-electron chi connectivity index (χ3n) is 15.1. The number of allylic oxidation sites excluding steroid dienone is 6. The first-order valence-electron chi connectivity index (χ1n) is 25.0. The lowest BCUT2D eigenvalue weighted by atomic mass is 9.77. The van der Waals surface area contributed by atoms with Crippen LogP contribution in [0, 0.1) is 35.5 Å². The molecular formula is C52H79N5O12. The van der Waals surface area contributed by atoms with Crippen LogP contribution < -0.4 is 0 Å². The second-order valence-corrected chi connectivity index (χ2v) is 20.3. The van der Waals surface area contributed by atoms with Crippen molar-refractivity contribution in [2.45, 2.75) is 180 Å². The largest absolute Gasteiger partial charge is 0.460 e. The lowest BCUT2D eigenvalue weighted by molar-refractivity contribution is -0.265. The Morgan fingerprint density at radius 3 is 2.32 bits per heavy atom. The van der Waals surface area contributed by atoms with Crippen molar-refractivity contribution in [3.8, 4) is 0 Å². The van der Waals surface area contributed by atoms with Gasteiger partial charge in [0, 0.05) is 58.5 Å². The van der Waals surface area contributed by atoms with Crippen LogP contribution in [0.1, 0.15) is 132 Å². The fraction of sp³-hybridized carbons (Fsp3) is 0.731. The van der Waals surface area contributed by atoms with E-state index in [0.717, 1.165) is 18.4 Å². The molecule has 1 saturated carbocycles. The smallest absolute Gasteiger partial charge is 0.329 e. The number of piperidine rings is 1. The van der Waals surface area contributed by atoms with E-state index in [1.165, 1.54) is 18.3 Å². The predicted molar refractivity (Wildman–Crippen MR) is 256 cm³/mol. The molecule has 1 amide bonds. The van der Waals surface area contributed by atoms with Crippen LogP contribution >= 0.6 is 0 Å². The first-order valence-corrected chi connectivity index (χ1v) is 25.0. The minimum absolute atomic E-state index is 0.0168. The van der Waals surface area contributed by atoms with E-state index >= 15 is 0 Å². The molecule has 69 heavy (non-hydrogen) atoms. The lowest BCUT2D eigenvalue weighted by Crippen LogP contribution is -2.61. The molecule has 2 bridgehead atoms. The summed E-state index contributed by atoms with van der Waals surface area (Å²) in [6.07, 6.45) is 13.7. The zero-order valence-corrected chi connectivity index (χ0v) is 42.5. The summed E-state index contributed by atoms with van der Waals surface area (Å²) >= 11 is 0. The molecule has 4 heterocycles. The van der Waals surface area contributed by atoms with Gasteiger partial charge in [0.15, 0.2) is 12.1 Å². The van der Waals surface area contributed by atoms with Crippen LogP contribution in [0.4, 0.5) is 0 Å². The summed E-state index contributed by atoms with van der Waals surface area (Å²) in [5.74, 6) is -7.94. The van der Waals surface area contributed by atoms with Crippen molar-refractivity contribution in [1.82, 2.24) is 25.1 Å². The van der Waals surface area contributed by atoms with Crippen molar-refractivity contribution >= 4 is 29.2 Å². The van der Waals surface area contributed by atoms with Gasteiger partial charge in [0.2, 0.25) is 5.79 Å². The summed E-state index contributed by atoms with van der Waals surface area (Å²) in [6.45, 7) is 12.8. The Morgan fingerprint density at radius 2 is 1.64 bits per heavy atom. The third kappa shape index (κ3) is 14.2. The van der Waals surface area contributed by atoms with Gasteiger partial charge in [-0.3, -0.25) is 19.2 Å². The number of fused-ring (bicyclic) bond motifs is 3. The number of ketones is 3. The molecule has 5 rings (SSSR count). The van der Waals surface area contributed by atoms with Crippen molar-refractivity contribution in [2.24, 2.45) is 35.5 Å². The molecule has 2 N–H and O–H groups in total. The van der Waals surface area contributed by atoms with Crippen LogP contribution in [0.25, 0.3) is 0 Å². The Hall–Kier alpha value is -4.26. The van der Waals surface area contributed by atoms with Crippen molar-refractivity contribution in [3.05, 3.63) is 53.9 Å². The number of aromatic nitrogens is 4. The molecule has 17 heteroatoms. The van der Waals surface area contributed by atoms with Crippen LogP contribution in [0.2, 0.25) is 0 Å². The number of cyclic esters (lactones) is 1. The van der Waals surface area contributed by atoms with Crippen LogP contribution in [-0.4, -0.2) is 141 Å². The maximum absolute atomic E-state index is 14.5. The summed E-state index contributed by atoms with van der Waals surface area (Å²) in [7, 11) is 4.61. The number of carbonyl (C=O) groups is 5. The average molecular weight is 966 g/mol. The Bertz CT molecular complexity index is 2020. The van der Waals surface area contributed by atoms with Crippen LogP contribution in [0.15, 0.2) is 53.9 Å². The summed E-state index contributed by atoms with van der Waals surface area (Å²) in [6, 6.07) is -1.24. The molecule has 1 aliphatic carbocycles. The van der Waals surface area contributed by atoms with E-state index in [9.17, 15) is 34.2 Å². The number of hydrogen-bond donors (Lipinski definition) is 2. The molecule has 4 aliphatic rings. The molecule has 2 saturated heterocycles. The fourth-order valence-corrected chi connectivity index (χ4v) is 10.7. The number of Topliss-reactive ketones (excluding diaryl/α,β-unsaturated/α-hetero) is 3. The maximum atomic E-state index is 14.5. The molecule has 0 spiro atoms. The Morgan fingerprint density at radius 1 is 0.884 bits per heavy atom. The minimum Gasteiger partial charge on any atom is -0.460 e. The van der Waals surface area contributed by atoms with E-state index in [2.05, 4.69) is 15.4 Å². The van der Waals surface area contributed by atoms with Gasteiger partial charge in [-0.05, 0) is 112 Å². The van der Waals surface area contributed by atoms with E-state index in [1.54, 1.807) is 45.9 Å². The number of nitrogens with zero attached hydrogens (tertiary/aromatic N) is 5. The van der Waals surface area contributed by atoms with Crippen LogP contribution in [-0.2, 0) is 47.7 Å². The highest BCUT2D eigenvalue weighted by Gasteiger charge is 2.53. The summed E-state index contributed by atoms with van der Waals surface area (Å²) in [5, 5.41) is 35.7. The van der Waals surface area contributed by atoms with Crippen molar-refractivity contribution in [2.75, 3.05) is 27.9 Å². The number of carbonyl (C=O) groups excluding carboxylic acids is 5. The molecule has 17 nitrogen and oxygen atoms in total. The maximum Gasteiger partial charge on any atom is 0.329 e. The number of aliphatic hydroxyl groups excluding tert-OH is 1. The minimum atomic E-state index is -2.43. The van der Waals surface area contributed by atoms with Gasteiger partial charge >= 0.3 is 5.97 Å². The van der Waals surface area contributed by atoms with Crippen LogP contribution in [0.5, 0.6) is 0 Å². The summed E-state index contributed by atoms with van der Waals surface area (Å²) < 4.78 is 29.9. The van der Waals surface area contributed by atoms with Crippen molar-refractivity contribution < 1.29 is 57.9 Å². The molecular weight excluding hydrogens is 887 g/mol. The Labute approximate surface area is 408 Å². The van der Waals surface area contributed by atoms with E-state index in [-0.39, 0.29) is 60.9 Å². The van der Waals surface area contributed by atoms with Crippen molar-refractivity contribution in [1.29, 1.82) is 0 Å². The number of hydrogen-bond acceptors (Lipinski definition) is 15. The van der Waals surface area contributed by atoms with E-state index < -0.39 is 77.8 Å². The first-order chi connectivity index (χ1) is 32.8. The molecule has 384 valence electrons. The second kappa shape index (κ2) is 25.7. The first kappa shape index (κ1) is 55.7. The van der Waals surface area contributed by atoms with Gasteiger partial charge in [0.05, 0.1) is 24.4 Å². The number of tetrazole rings is 1. The molecule has 1 aromatic heterocycles. The van der Waals surface area contributed by atoms with E-state index in [0.29, 0.717) is 56.9 Å². The topological polar surface area (TPSA) is 219 Å². The highest BCUT2D eigenvalue weighted by molar-refractivity contribution is 6.39. The van der Waals surface area contributed by atoms with Gasteiger partial charge in [0.25, 0.3) is 11.7 Å². The SMILES string of the molecule is CO[C@H]1C[C@@H]2CC[C@@H](C)[C@@](O)(O2)C(=O)C(=O)N2CCCC[C@H]2C(=O)OC([C@H](C)C[C@@H]2CC[C@H](n3ncnn3)[C@H](OC)C2)CC(=O)[C@H](C)C=C(C)[C@@H](O)[C@@H](OC)C(=O)[C@H](C)C[C@H](C)C=CC=CC=C1C. The standard InChI is InChI=1S/C52H79N5O12/c1-31-16-12-11-13-17-32(2)43(65-8)28-39-21-19-37(7)52(64,69-39)49(61)50(62)56-23-15-14-18-41(56)51(63)68-44(34(4)26-38-20-22-40(45(27-38)66-9)57-54-30-53-55-57)29-42(58)33(3)25-36(6)47(60)48(67-10)46(59)35(5)24-31/h11-13,16-17,25,30-31,33-35,37-41,43-45,47-48,60,64H,14-15,18-24,26-29H2,1-10H3/t31-,33-,34-,35-,37-,38+,39+,40+,41+,43+,44?,45-,47-,48+,52-/m1/s1. The van der Waals surface area contributed by atoms with Gasteiger partial charge in [-0.15, -0.1) is 10.2 Å². The van der Waals surface area contributed by atoms with Crippen molar-refractivity contribution in [3.63, 3.8) is 0 Å². The molecule has 3 aliphatic heterocycles. The number of aliphatic hydroxyl groups is 2. The second-order valence-electron chi connectivity index (χ2n) is 20.3. The summed E-state index contributed by atoms with van der Waals surface area (Å²) in [4.78, 5) is 73.9. The van der Waals surface area contributed by atoms with Gasteiger partial charge in [-0.1, -0.05) is 71.1 Å². The van der Waals surface area contributed by atoms with Crippen LogP contribution in [0.3, 0.4) is 0 Å². The lowest BCUT2D eigenvalue weighted by Gasteiger charge is -2.42. The molecule has 1 unspecified atom stereocenters. The van der Waals surface area contributed by atoms with Gasteiger partial charge in [-0.2, -0.15) is 4.80 Å². The number of ether oxygens (including phenoxy) is 5. The zero-order chi connectivity index (χ0) is 50.6. The highest BCUT2D eigenvalue weighted by Crippen LogP contribution is 2.39. The number of rotatable bonds is 7. The summed E-state index contributed by atoms with van der Waals surface area (Å²) in [5.41, 5.74) is 1.27. The Kier molecular flexibility index (Phi) is 20.8. The molecule has 15 atom stereocenters. The highest BCUT2D eigenvalue weighted by atomic mass is 16.6. The van der Waals surface area contributed by atoms with E-state index in [1.807, 2.05) is 58.1 Å². The molecule has 3 fully saturated rings. The number of amides is 1. The molecule has 0 radical (unpaired) electrons. The zero-order valence-electron chi connectivity index (χ0n) is 42.5. The molecule has 1 aromatic rings. The van der Waals surface area contributed by atoms with E-state index in [4.69, 9.17) is 23.7 Å². The number of methoxy groups -OCH3 is 3.